The van der Waals surface area contributed by atoms with Crippen molar-refractivity contribution in [1.29, 1.82) is 0 Å². The van der Waals surface area contributed by atoms with Crippen LogP contribution in [-0.2, 0) is 19.5 Å². The Hall–Kier alpha value is -0.170. The predicted molar refractivity (Wildman–Crippen MR) is 64.4 cm³/mol. The molecule has 1 atom stereocenters. The third kappa shape index (κ3) is 2.99. The summed E-state index contributed by atoms with van der Waals surface area (Å²) in [5.74, 6) is 0. The zero-order valence-corrected chi connectivity index (χ0v) is 11.3. The largest absolute Gasteiger partial charge is 0.376 e. The van der Waals surface area contributed by atoms with E-state index in [0.717, 1.165) is 19.3 Å². The van der Waals surface area contributed by atoms with Gasteiger partial charge in [-0.05, 0) is 19.8 Å². The van der Waals surface area contributed by atoms with Crippen molar-refractivity contribution in [3.8, 4) is 0 Å². The van der Waals surface area contributed by atoms with Gasteiger partial charge in [0.05, 0.1) is 24.6 Å². The first kappa shape index (κ1) is 13.3. The van der Waals surface area contributed by atoms with Gasteiger partial charge in [0.1, 0.15) is 0 Å². The number of hydrogen-bond donors (Lipinski definition) is 0. The third-order valence-electron chi connectivity index (χ3n) is 3.68. The van der Waals surface area contributed by atoms with Crippen molar-refractivity contribution < 1.29 is 17.9 Å². The molecule has 5 nitrogen and oxygen atoms in total. The second-order valence-corrected chi connectivity index (χ2v) is 6.92. The Morgan fingerprint density at radius 2 is 2.06 bits per heavy atom. The summed E-state index contributed by atoms with van der Waals surface area (Å²) in [6, 6.07) is 0. The van der Waals surface area contributed by atoms with E-state index in [0.29, 0.717) is 26.3 Å². The molecule has 2 saturated heterocycles. The first-order chi connectivity index (χ1) is 7.95. The van der Waals surface area contributed by atoms with Crippen molar-refractivity contribution in [2.75, 3.05) is 32.6 Å². The molecular formula is C11H21NO4S. The van der Waals surface area contributed by atoms with Crippen molar-refractivity contribution in [2.45, 2.75) is 37.9 Å². The van der Waals surface area contributed by atoms with Crippen LogP contribution < -0.4 is 0 Å². The van der Waals surface area contributed by atoms with E-state index in [9.17, 15) is 8.42 Å². The summed E-state index contributed by atoms with van der Waals surface area (Å²) in [4.78, 5) is 0. The zero-order valence-electron chi connectivity index (χ0n) is 10.5. The topological polar surface area (TPSA) is 55.8 Å². The van der Waals surface area contributed by atoms with E-state index in [4.69, 9.17) is 9.47 Å². The molecule has 0 N–H and O–H groups in total. The molecule has 0 saturated carbocycles. The molecule has 0 aliphatic carbocycles. The molecule has 0 radical (unpaired) electrons. The predicted octanol–water partition coefficient (Wildman–Crippen LogP) is 0.606. The van der Waals surface area contributed by atoms with Gasteiger partial charge in [-0.25, -0.2) is 12.7 Å². The minimum atomic E-state index is -3.05. The number of sulfonamides is 1. The Bertz CT molecular complexity index is 360. The van der Waals surface area contributed by atoms with Gasteiger partial charge in [-0.2, -0.15) is 0 Å². The summed E-state index contributed by atoms with van der Waals surface area (Å²) in [7, 11) is -3.05. The minimum absolute atomic E-state index is 0.138. The maximum Gasteiger partial charge on any atom is 0.211 e. The Labute approximate surface area is 103 Å². The van der Waals surface area contributed by atoms with Crippen LogP contribution in [0.2, 0.25) is 0 Å². The molecule has 2 heterocycles. The summed E-state index contributed by atoms with van der Waals surface area (Å²) < 4.78 is 35.8. The van der Waals surface area contributed by atoms with Crippen LogP contribution in [0.3, 0.4) is 0 Å². The third-order valence-corrected chi connectivity index (χ3v) is 4.98. The summed E-state index contributed by atoms with van der Waals surface area (Å²) >= 11 is 0. The van der Waals surface area contributed by atoms with Gasteiger partial charge in [0, 0.05) is 26.1 Å². The Morgan fingerprint density at radius 3 is 2.59 bits per heavy atom. The maximum atomic E-state index is 11.4. The lowest BCUT2D eigenvalue weighted by molar-refractivity contribution is -0.0335. The number of nitrogens with zero attached hydrogens (tertiary/aromatic N) is 1. The first-order valence-corrected chi connectivity index (χ1v) is 8.01. The van der Waals surface area contributed by atoms with Crippen molar-refractivity contribution in [1.82, 2.24) is 4.31 Å². The van der Waals surface area contributed by atoms with Crippen LogP contribution in [0.15, 0.2) is 0 Å². The van der Waals surface area contributed by atoms with Gasteiger partial charge in [-0.1, -0.05) is 0 Å². The van der Waals surface area contributed by atoms with E-state index in [1.807, 2.05) is 6.92 Å². The molecule has 1 spiro atoms. The SMILES string of the molecule is CCOC1COC2(CCN(S(C)(=O)=O)CC2)C1. The van der Waals surface area contributed by atoms with Crippen molar-refractivity contribution in [3.63, 3.8) is 0 Å². The van der Waals surface area contributed by atoms with Crippen LogP contribution in [0.1, 0.15) is 26.2 Å². The molecule has 1 unspecified atom stereocenters. The standard InChI is InChI=1S/C11H21NO4S/c1-3-15-10-8-11(16-9-10)4-6-12(7-5-11)17(2,13)14/h10H,3-9H2,1-2H3. The number of piperidine rings is 1. The number of rotatable bonds is 3. The molecular weight excluding hydrogens is 242 g/mol. The normalized spacial score (nSPS) is 29.9. The fourth-order valence-electron chi connectivity index (χ4n) is 2.72. The molecule has 2 fully saturated rings. The summed E-state index contributed by atoms with van der Waals surface area (Å²) in [5.41, 5.74) is -0.138. The lowest BCUT2D eigenvalue weighted by Crippen LogP contribution is -2.46. The molecule has 17 heavy (non-hydrogen) atoms. The Balaban J connectivity index is 1.91. The molecule has 0 aromatic carbocycles. The first-order valence-electron chi connectivity index (χ1n) is 6.16. The molecule has 2 aliphatic heterocycles. The van der Waals surface area contributed by atoms with Crippen LogP contribution in [0.4, 0.5) is 0 Å². The Kier molecular flexibility index (Phi) is 3.77. The minimum Gasteiger partial charge on any atom is -0.376 e. The highest BCUT2D eigenvalue weighted by Crippen LogP contribution is 2.37. The molecule has 2 aliphatic rings. The van der Waals surface area contributed by atoms with Crippen LogP contribution in [0.5, 0.6) is 0 Å². The van der Waals surface area contributed by atoms with Crippen LogP contribution in [-0.4, -0.2) is 57.0 Å². The smallest absolute Gasteiger partial charge is 0.211 e. The van der Waals surface area contributed by atoms with Gasteiger partial charge in [-0.15, -0.1) is 0 Å². The van der Waals surface area contributed by atoms with E-state index in [2.05, 4.69) is 0 Å². The number of hydrogen-bond acceptors (Lipinski definition) is 4. The van der Waals surface area contributed by atoms with Gasteiger partial charge in [0.15, 0.2) is 0 Å². The molecule has 2 rings (SSSR count). The highest BCUT2D eigenvalue weighted by Gasteiger charge is 2.44. The van der Waals surface area contributed by atoms with E-state index >= 15 is 0 Å². The fourth-order valence-corrected chi connectivity index (χ4v) is 3.56. The average Bonchev–Trinajstić information content (AvgIpc) is 2.61. The van der Waals surface area contributed by atoms with E-state index in [1.54, 1.807) is 0 Å². The molecule has 0 aromatic rings. The fraction of sp³-hybridized carbons (Fsp3) is 1.00. The van der Waals surface area contributed by atoms with Crippen molar-refractivity contribution >= 4 is 10.0 Å². The lowest BCUT2D eigenvalue weighted by atomic mass is 9.89. The highest BCUT2D eigenvalue weighted by molar-refractivity contribution is 7.88. The van der Waals surface area contributed by atoms with E-state index in [1.165, 1.54) is 10.6 Å². The van der Waals surface area contributed by atoms with Crippen LogP contribution >= 0.6 is 0 Å². The maximum absolute atomic E-state index is 11.4. The number of ether oxygens (including phenoxy) is 2. The van der Waals surface area contributed by atoms with Gasteiger partial charge < -0.3 is 9.47 Å². The van der Waals surface area contributed by atoms with Gasteiger partial charge >= 0.3 is 0 Å². The Morgan fingerprint density at radius 1 is 1.41 bits per heavy atom. The zero-order chi connectivity index (χ0) is 12.5. The van der Waals surface area contributed by atoms with E-state index in [-0.39, 0.29) is 11.7 Å². The van der Waals surface area contributed by atoms with Crippen LogP contribution in [0, 0.1) is 0 Å². The van der Waals surface area contributed by atoms with Crippen molar-refractivity contribution in [3.05, 3.63) is 0 Å². The van der Waals surface area contributed by atoms with Crippen molar-refractivity contribution in [2.24, 2.45) is 0 Å². The second kappa shape index (κ2) is 4.84. The van der Waals surface area contributed by atoms with Gasteiger partial charge in [-0.3, -0.25) is 0 Å². The summed E-state index contributed by atoms with van der Waals surface area (Å²) in [5, 5.41) is 0. The van der Waals surface area contributed by atoms with Crippen LogP contribution in [0.25, 0.3) is 0 Å². The quantitative estimate of drug-likeness (QED) is 0.748. The van der Waals surface area contributed by atoms with Gasteiger partial charge in [0.25, 0.3) is 0 Å². The second-order valence-electron chi connectivity index (χ2n) is 4.94. The molecule has 6 heteroatoms. The average molecular weight is 263 g/mol. The highest BCUT2D eigenvalue weighted by atomic mass is 32.2. The molecule has 0 bridgehead atoms. The summed E-state index contributed by atoms with van der Waals surface area (Å²) in [6.45, 7) is 4.47. The lowest BCUT2D eigenvalue weighted by Gasteiger charge is -2.37. The van der Waals surface area contributed by atoms with Gasteiger partial charge in [0.2, 0.25) is 10.0 Å². The summed E-state index contributed by atoms with van der Waals surface area (Å²) in [6.07, 6.45) is 3.92. The monoisotopic (exact) mass is 263 g/mol. The molecule has 100 valence electrons. The van der Waals surface area contributed by atoms with E-state index < -0.39 is 10.0 Å². The molecule has 0 amide bonds. The molecule has 0 aromatic heterocycles.